The Bertz CT molecular complexity index is 2570. The second kappa shape index (κ2) is 16.3. The van der Waals surface area contributed by atoms with Crippen LogP contribution in [0.2, 0.25) is 0 Å². The normalized spacial score (nSPS) is 15.6. The van der Waals surface area contributed by atoms with Crippen molar-refractivity contribution in [3.8, 4) is 11.5 Å². The van der Waals surface area contributed by atoms with Crippen molar-refractivity contribution in [3.63, 3.8) is 0 Å². The number of carbonyl (C=O) groups excluding carboxylic acids is 2. The van der Waals surface area contributed by atoms with Crippen LogP contribution in [-0.4, -0.2) is 64.8 Å². The summed E-state index contributed by atoms with van der Waals surface area (Å²) in [6, 6.07) is 22.0. The molecule has 9 rings (SSSR count). The van der Waals surface area contributed by atoms with Crippen molar-refractivity contribution >= 4 is 56.0 Å². The number of rotatable bonds is 11. The van der Waals surface area contributed by atoms with Crippen LogP contribution in [0.25, 0.3) is 21.1 Å². The number of piperidine rings is 1. The Balaban J connectivity index is 1.00. The Hall–Kier alpha value is -5.79. The van der Waals surface area contributed by atoms with E-state index in [1.165, 1.54) is 0 Å². The Kier molecular flexibility index (Phi) is 10.8. The number of carbonyl (C=O) groups is 2. The van der Waals surface area contributed by atoms with Crippen LogP contribution in [0.1, 0.15) is 102 Å². The van der Waals surface area contributed by atoms with Gasteiger partial charge in [0.05, 0.1) is 60.3 Å². The van der Waals surface area contributed by atoms with Gasteiger partial charge in [0.25, 0.3) is 5.91 Å². The number of pyridine rings is 2. The molecular formula is C47H50N6O6S. The summed E-state index contributed by atoms with van der Waals surface area (Å²) in [6.45, 7) is 8.71. The average Bonchev–Trinajstić information content (AvgIpc) is 3.82. The van der Waals surface area contributed by atoms with Crippen LogP contribution in [0, 0.1) is 0 Å². The largest absolute Gasteiger partial charge is 0.497 e. The number of likely N-dealkylation sites (tertiary alicyclic amines) is 1. The van der Waals surface area contributed by atoms with Gasteiger partial charge in [-0.25, -0.2) is 14.8 Å². The van der Waals surface area contributed by atoms with Gasteiger partial charge in [-0.2, -0.15) is 0 Å². The van der Waals surface area contributed by atoms with Crippen LogP contribution in [-0.2, 0) is 35.8 Å². The highest BCUT2D eigenvalue weighted by atomic mass is 32.1. The molecule has 1 saturated carbocycles. The molecule has 6 aromatic rings. The molecule has 3 aromatic carbocycles. The van der Waals surface area contributed by atoms with E-state index < -0.39 is 5.60 Å². The predicted octanol–water partition coefficient (Wildman–Crippen LogP) is 9.74. The smallest absolute Gasteiger partial charge is 0.410 e. The monoisotopic (exact) mass is 826 g/mol. The molecule has 0 unspecified atom stereocenters. The minimum Gasteiger partial charge on any atom is -0.497 e. The predicted molar refractivity (Wildman–Crippen MR) is 233 cm³/mol. The van der Waals surface area contributed by atoms with Crippen molar-refractivity contribution < 1.29 is 28.5 Å². The molecule has 12 nitrogen and oxygen atoms in total. The number of ether oxygens (including phenoxy) is 4. The molecule has 2 fully saturated rings. The van der Waals surface area contributed by atoms with Crippen molar-refractivity contribution in [1.29, 1.82) is 0 Å². The standard InChI is InChI=1S/C47H50N6O6S/c1-47(2,3)59-46(55)52-18-16-30(17-19-52)44-51-40-21-33(11-15-42(40)60-44)53(45(54)32-10-14-38(48-24-32)29-7-8-29)25-28-6-13-35-36-26-58-27-37(36)43(50-39(35)20-28)49-23-31-9-12-34(56-4)22-41(31)57-5/h6,9-15,20-22,24,29-30H,7-8,16-19,23,25-27H2,1-5H3,(H,49,50). The fraction of sp³-hybridized carbons (Fsp3) is 0.383. The maximum Gasteiger partial charge on any atom is 0.410 e. The first-order chi connectivity index (χ1) is 29.0. The van der Waals surface area contributed by atoms with Gasteiger partial charge in [0, 0.05) is 71.6 Å². The van der Waals surface area contributed by atoms with Gasteiger partial charge in [0.1, 0.15) is 22.9 Å². The van der Waals surface area contributed by atoms with Gasteiger partial charge in [-0.05, 0) is 106 Å². The molecule has 1 N–H and O–H groups in total. The molecule has 1 aliphatic carbocycles. The van der Waals surface area contributed by atoms with E-state index in [1.807, 2.05) is 68.1 Å². The second-order valence-corrected chi connectivity index (χ2v) is 17.9. The topological polar surface area (TPSA) is 128 Å². The molecular weight excluding hydrogens is 777 g/mol. The van der Waals surface area contributed by atoms with E-state index in [0.717, 1.165) is 103 Å². The molecule has 13 heteroatoms. The van der Waals surface area contributed by atoms with Gasteiger partial charge in [-0.3, -0.25) is 9.78 Å². The molecule has 2 amide bonds. The highest BCUT2D eigenvalue weighted by Crippen LogP contribution is 2.40. The summed E-state index contributed by atoms with van der Waals surface area (Å²) in [5.74, 6) is 2.82. The van der Waals surface area contributed by atoms with Gasteiger partial charge in [0.15, 0.2) is 0 Å². The fourth-order valence-corrected chi connectivity index (χ4v) is 9.21. The number of anilines is 2. The molecule has 0 radical (unpaired) electrons. The van der Waals surface area contributed by atoms with E-state index in [1.54, 1.807) is 36.7 Å². The number of fused-ring (bicyclic) bond motifs is 4. The number of amides is 2. The summed E-state index contributed by atoms with van der Waals surface area (Å²) in [5.41, 5.74) is 7.54. The van der Waals surface area contributed by atoms with Crippen molar-refractivity contribution in [2.75, 3.05) is 37.5 Å². The zero-order valence-corrected chi connectivity index (χ0v) is 35.6. The lowest BCUT2D eigenvalue weighted by molar-refractivity contribution is 0.0204. The number of aromatic nitrogens is 3. The number of benzene rings is 3. The lowest BCUT2D eigenvalue weighted by atomic mass is 9.98. The lowest BCUT2D eigenvalue weighted by Gasteiger charge is -2.32. The fourth-order valence-electron chi connectivity index (χ4n) is 8.10. The minimum atomic E-state index is -0.527. The molecule has 0 atom stereocenters. The first kappa shape index (κ1) is 39.7. The number of nitrogens with one attached hydrogen (secondary N) is 1. The van der Waals surface area contributed by atoms with E-state index in [-0.39, 0.29) is 17.9 Å². The molecule has 60 heavy (non-hydrogen) atoms. The summed E-state index contributed by atoms with van der Waals surface area (Å²) < 4.78 is 23.7. The van der Waals surface area contributed by atoms with Gasteiger partial charge in [-0.15, -0.1) is 11.3 Å². The molecule has 310 valence electrons. The molecule has 1 saturated heterocycles. The van der Waals surface area contributed by atoms with E-state index in [4.69, 9.17) is 33.9 Å². The van der Waals surface area contributed by atoms with E-state index in [0.29, 0.717) is 50.9 Å². The van der Waals surface area contributed by atoms with Crippen LogP contribution in [0.5, 0.6) is 11.5 Å². The Labute approximate surface area is 353 Å². The van der Waals surface area contributed by atoms with Gasteiger partial charge in [0.2, 0.25) is 0 Å². The van der Waals surface area contributed by atoms with Crippen LogP contribution < -0.4 is 19.7 Å². The molecule has 2 aliphatic heterocycles. The quantitative estimate of drug-likeness (QED) is 0.135. The number of hydrogen-bond acceptors (Lipinski definition) is 11. The third-order valence-electron chi connectivity index (χ3n) is 11.5. The summed E-state index contributed by atoms with van der Waals surface area (Å²) in [5, 5.41) is 5.64. The highest BCUT2D eigenvalue weighted by Gasteiger charge is 2.30. The van der Waals surface area contributed by atoms with Crippen LogP contribution in [0.15, 0.2) is 72.9 Å². The van der Waals surface area contributed by atoms with E-state index in [9.17, 15) is 9.59 Å². The summed E-state index contributed by atoms with van der Waals surface area (Å²) >= 11 is 1.68. The molecule has 0 spiro atoms. The summed E-state index contributed by atoms with van der Waals surface area (Å²) in [4.78, 5) is 45.8. The minimum absolute atomic E-state index is 0.139. The maximum atomic E-state index is 14.6. The van der Waals surface area contributed by atoms with Crippen LogP contribution in [0.4, 0.5) is 16.3 Å². The summed E-state index contributed by atoms with van der Waals surface area (Å²) in [7, 11) is 3.29. The Morgan fingerprint density at radius 3 is 2.43 bits per heavy atom. The zero-order chi connectivity index (χ0) is 41.5. The zero-order valence-electron chi connectivity index (χ0n) is 34.7. The Morgan fingerprint density at radius 1 is 0.883 bits per heavy atom. The lowest BCUT2D eigenvalue weighted by Crippen LogP contribution is -2.41. The number of hydrogen-bond donors (Lipinski definition) is 1. The average molecular weight is 827 g/mol. The van der Waals surface area contributed by atoms with Crippen molar-refractivity contribution in [1.82, 2.24) is 19.9 Å². The van der Waals surface area contributed by atoms with Gasteiger partial charge < -0.3 is 34.1 Å². The van der Waals surface area contributed by atoms with Crippen LogP contribution >= 0.6 is 11.3 Å². The second-order valence-electron chi connectivity index (χ2n) is 16.9. The van der Waals surface area contributed by atoms with Crippen molar-refractivity contribution in [2.45, 2.75) is 90.2 Å². The van der Waals surface area contributed by atoms with E-state index >= 15 is 0 Å². The third-order valence-corrected chi connectivity index (χ3v) is 12.7. The molecule has 5 heterocycles. The number of thiazole rings is 1. The number of nitrogens with zero attached hydrogens (tertiary/aromatic N) is 5. The van der Waals surface area contributed by atoms with E-state index in [2.05, 4.69) is 29.6 Å². The molecule has 3 aromatic heterocycles. The SMILES string of the molecule is COc1ccc(CNc2nc3cc(CN(C(=O)c4ccc(C5CC5)nc4)c4ccc5sc(C6CCN(C(=O)OC(C)(C)C)CC6)nc5c4)ccc3c3c2COC3)c(OC)c1. The molecule has 3 aliphatic rings. The highest BCUT2D eigenvalue weighted by molar-refractivity contribution is 7.18. The van der Waals surface area contributed by atoms with Crippen molar-refractivity contribution in [2.24, 2.45) is 0 Å². The first-order valence-electron chi connectivity index (χ1n) is 20.7. The Morgan fingerprint density at radius 2 is 1.70 bits per heavy atom. The summed E-state index contributed by atoms with van der Waals surface area (Å²) in [6.07, 6.45) is 5.37. The van der Waals surface area contributed by atoms with Crippen LogP contribution in [0.3, 0.4) is 0 Å². The first-order valence-corrected chi connectivity index (χ1v) is 21.5. The maximum absolute atomic E-state index is 14.6. The van der Waals surface area contributed by atoms with Crippen molar-refractivity contribution in [3.05, 3.63) is 111 Å². The number of methoxy groups -OCH3 is 2. The van der Waals surface area contributed by atoms with Gasteiger partial charge in [-0.1, -0.05) is 12.1 Å². The van der Waals surface area contributed by atoms with Gasteiger partial charge >= 0.3 is 6.09 Å². The molecule has 0 bridgehead atoms. The third kappa shape index (κ3) is 8.33.